The first-order chi connectivity index (χ1) is 10.8. The Morgan fingerprint density at radius 3 is 2.78 bits per heavy atom. The predicted octanol–water partition coefficient (Wildman–Crippen LogP) is 3.91. The lowest BCUT2D eigenvalue weighted by atomic mass is 9.91. The lowest BCUT2D eigenvalue weighted by molar-refractivity contribution is 0.0248. The summed E-state index contributed by atoms with van der Waals surface area (Å²) >= 11 is 0. The largest absolute Gasteiger partial charge is 0.493 e. The summed E-state index contributed by atoms with van der Waals surface area (Å²) in [5, 5.41) is 0. The van der Waals surface area contributed by atoms with Gasteiger partial charge in [0.2, 0.25) is 0 Å². The first-order valence-corrected chi connectivity index (χ1v) is 8.60. The van der Waals surface area contributed by atoms with Crippen LogP contribution < -0.4 is 4.74 Å². The number of hydrogen-bond donors (Lipinski definition) is 0. The summed E-state index contributed by atoms with van der Waals surface area (Å²) in [6.45, 7) is 10.1. The van der Waals surface area contributed by atoms with Crippen LogP contribution in [0.5, 0.6) is 5.75 Å². The molecule has 3 rings (SSSR count). The molecule has 1 unspecified atom stereocenters. The zero-order valence-corrected chi connectivity index (χ0v) is 14.6. The molecule has 1 atom stereocenters. The molecule has 23 heavy (non-hydrogen) atoms. The van der Waals surface area contributed by atoms with Gasteiger partial charge in [-0.15, -0.1) is 0 Å². The minimum atomic E-state index is -0.452. The summed E-state index contributed by atoms with van der Waals surface area (Å²) < 4.78 is 11.3. The number of carbonyl (C=O) groups excluding carboxylic acids is 1. The molecule has 0 saturated heterocycles. The van der Waals surface area contributed by atoms with Crippen LogP contribution in [0, 0.1) is 0 Å². The van der Waals surface area contributed by atoms with Crippen molar-refractivity contribution >= 4 is 6.09 Å². The maximum atomic E-state index is 12.4. The smallest absolute Gasteiger partial charge is 0.410 e. The fourth-order valence-electron chi connectivity index (χ4n) is 3.40. The molecule has 0 aliphatic carbocycles. The quantitative estimate of drug-likeness (QED) is 0.728. The Labute approximate surface area is 138 Å². The van der Waals surface area contributed by atoms with Crippen LogP contribution in [0.25, 0.3) is 0 Å². The molecule has 126 valence electrons. The maximum Gasteiger partial charge on any atom is 0.410 e. The van der Waals surface area contributed by atoms with Gasteiger partial charge in [0.25, 0.3) is 0 Å². The van der Waals surface area contributed by atoms with Crippen molar-refractivity contribution in [3.05, 3.63) is 28.8 Å². The van der Waals surface area contributed by atoms with Crippen molar-refractivity contribution in [3.8, 4) is 5.75 Å². The van der Waals surface area contributed by atoms with Gasteiger partial charge in [-0.05, 0) is 68.7 Å². The van der Waals surface area contributed by atoms with E-state index >= 15 is 0 Å². The van der Waals surface area contributed by atoms with Gasteiger partial charge in [-0.1, -0.05) is 13.0 Å². The van der Waals surface area contributed by atoms with Gasteiger partial charge >= 0.3 is 6.09 Å². The summed E-state index contributed by atoms with van der Waals surface area (Å²) in [5.74, 6) is 1.35. The fraction of sp³-hybridized carbons (Fsp3) is 0.632. The van der Waals surface area contributed by atoms with E-state index in [1.54, 1.807) is 0 Å². The van der Waals surface area contributed by atoms with Gasteiger partial charge in [-0.2, -0.15) is 0 Å². The number of nitrogens with zero attached hydrogens (tertiary/aromatic N) is 1. The number of carbonyl (C=O) groups is 1. The van der Waals surface area contributed by atoms with Crippen LogP contribution >= 0.6 is 0 Å². The van der Waals surface area contributed by atoms with Crippen molar-refractivity contribution in [2.75, 3.05) is 19.7 Å². The minimum Gasteiger partial charge on any atom is -0.493 e. The van der Waals surface area contributed by atoms with Gasteiger partial charge in [0.05, 0.1) is 6.61 Å². The molecule has 2 aliphatic rings. The Bertz CT molecular complexity index is 603. The van der Waals surface area contributed by atoms with Crippen molar-refractivity contribution in [3.63, 3.8) is 0 Å². The SMILES string of the molecule is CC1CN(C(=O)OC(C)(C)C)CCc2cc3c(cc21)CCCO3. The van der Waals surface area contributed by atoms with Crippen molar-refractivity contribution < 1.29 is 14.3 Å². The van der Waals surface area contributed by atoms with Crippen LogP contribution in [0.15, 0.2) is 12.1 Å². The highest BCUT2D eigenvalue weighted by atomic mass is 16.6. The zero-order valence-electron chi connectivity index (χ0n) is 14.6. The lowest BCUT2D eigenvalue weighted by Gasteiger charge is -2.27. The number of rotatable bonds is 0. The molecule has 4 heteroatoms. The first-order valence-electron chi connectivity index (χ1n) is 8.60. The van der Waals surface area contributed by atoms with E-state index in [4.69, 9.17) is 9.47 Å². The molecule has 0 aromatic heterocycles. The van der Waals surface area contributed by atoms with Gasteiger partial charge in [0.1, 0.15) is 11.4 Å². The van der Waals surface area contributed by atoms with Crippen molar-refractivity contribution in [2.24, 2.45) is 0 Å². The molecular weight excluding hydrogens is 290 g/mol. The molecule has 0 bridgehead atoms. The van der Waals surface area contributed by atoms with Crippen LogP contribution in [0.4, 0.5) is 4.79 Å². The second kappa shape index (κ2) is 6.06. The summed E-state index contributed by atoms with van der Waals surface area (Å²) in [6.07, 6.45) is 2.82. The highest BCUT2D eigenvalue weighted by Crippen LogP contribution is 2.34. The summed E-state index contributed by atoms with van der Waals surface area (Å²) in [7, 11) is 0. The Hall–Kier alpha value is -1.71. The number of amides is 1. The highest BCUT2D eigenvalue weighted by Gasteiger charge is 2.28. The van der Waals surface area contributed by atoms with Gasteiger partial charge in [0, 0.05) is 13.1 Å². The molecule has 4 nitrogen and oxygen atoms in total. The van der Waals surface area contributed by atoms with E-state index in [1.165, 1.54) is 16.7 Å². The normalized spacial score (nSPS) is 20.9. The van der Waals surface area contributed by atoms with Crippen molar-refractivity contribution in [1.82, 2.24) is 4.90 Å². The summed E-state index contributed by atoms with van der Waals surface area (Å²) in [6, 6.07) is 4.49. The summed E-state index contributed by atoms with van der Waals surface area (Å²) in [5.41, 5.74) is 3.53. The van der Waals surface area contributed by atoms with Crippen LogP contribution in [0.2, 0.25) is 0 Å². The van der Waals surface area contributed by atoms with Crippen molar-refractivity contribution in [1.29, 1.82) is 0 Å². The molecule has 0 N–H and O–H groups in total. The second-order valence-electron chi connectivity index (χ2n) is 7.69. The topological polar surface area (TPSA) is 38.8 Å². The highest BCUT2D eigenvalue weighted by molar-refractivity contribution is 5.68. The first kappa shape index (κ1) is 16.2. The second-order valence-corrected chi connectivity index (χ2v) is 7.69. The fourth-order valence-corrected chi connectivity index (χ4v) is 3.40. The monoisotopic (exact) mass is 317 g/mol. The van der Waals surface area contributed by atoms with E-state index in [-0.39, 0.29) is 6.09 Å². The number of aryl methyl sites for hydroxylation is 1. The van der Waals surface area contributed by atoms with E-state index in [0.29, 0.717) is 19.0 Å². The molecule has 0 saturated carbocycles. The molecule has 0 radical (unpaired) electrons. The van der Waals surface area contributed by atoms with Gasteiger partial charge in [-0.25, -0.2) is 4.79 Å². The molecule has 0 spiro atoms. The van der Waals surface area contributed by atoms with Crippen LogP contribution in [0.1, 0.15) is 56.7 Å². The van der Waals surface area contributed by atoms with Gasteiger partial charge < -0.3 is 14.4 Å². The zero-order chi connectivity index (χ0) is 16.6. The molecule has 2 aliphatic heterocycles. The predicted molar refractivity (Wildman–Crippen MR) is 90.2 cm³/mol. The number of benzene rings is 1. The third kappa shape index (κ3) is 3.62. The third-order valence-electron chi connectivity index (χ3n) is 4.50. The molecular formula is C19H27NO3. The standard InChI is InChI=1S/C19H27NO3/c1-13-12-20(18(21)23-19(2,3)4)8-7-14-11-17-15(10-16(13)14)6-5-9-22-17/h10-11,13H,5-9,12H2,1-4H3. The van der Waals surface area contributed by atoms with E-state index in [1.807, 2.05) is 25.7 Å². The maximum absolute atomic E-state index is 12.4. The Balaban J connectivity index is 1.81. The van der Waals surface area contributed by atoms with Crippen molar-refractivity contribution in [2.45, 2.75) is 58.5 Å². The molecule has 1 aromatic rings. The van der Waals surface area contributed by atoms with E-state index in [2.05, 4.69) is 19.1 Å². The van der Waals surface area contributed by atoms with E-state index in [0.717, 1.165) is 31.6 Å². The minimum absolute atomic E-state index is 0.210. The number of fused-ring (bicyclic) bond motifs is 2. The number of hydrogen-bond acceptors (Lipinski definition) is 3. The van der Waals surface area contributed by atoms with Crippen LogP contribution in [0.3, 0.4) is 0 Å². The lowest BCUT2D eigenvalue weighted by Crippen LogP contribution is -2.38. The average molecular weight is 317 g/mol. The Kier molecular flexibility index (Phi) is 4.26. The molecule has 0 fully saturated rings. The molecule has 1 aromatic carbocycles. The van der Waals surface area contributed by atoms with E-state index < -0.39 is 5.60 Å². The molecule has 1 amide bonds. The van der Waals surface area contributed by atoms with E-state index in [9.17, 15) is 4.79 Å². The van der Waals surface area contributed by atoms with Crippen LogP contribution in [-0.4, -0.2) is 36.3 Å². The van der Waals surface area contributed by atoms with Crippen LogP contribution in [-0.2, 0) is 17.6 Å². The Morgan fingerprint density at radius 1 is 1.26 bits per heavy atom. The average Bonchev–Trinajstić information content (AvgIpc) is 2.63. The van der Waals surface area contributed by atoms with Gasteiger partial charge in [-0.3, -0.25) is 0 Å². The third-order valence-corrected chi connectivity index (χ3v) is 4.50. The number of ether oxygens (including phenoxy) is 2. The molecule has 2 heterocycles. The summed E-state index contributed by atoms with van der Waals surface area (Å²) in [4.78, 5) is 14.2. The van der Waals surface area contributed by atoms with Gasteiger partial charge in [0.15, 0.2) is 0 Å². The Morgan fingerprint density at radius 2 is 2.04 bits per heavy atom.